The van der Waals surface area contributed by atoms with Crippen molar-refractivity contribution in [2.45, 2.75) is 37.1 Å². The van der Waals surface area contributed by atoms with E-state index in [0.717, 1.165) is 47.3 Å². The first kappa shape index (κ1) is 19.5. The minimum absolute atomic E-state index is 0.142. The van der Waals surface area contributed by atoms with Gasteiger partial charge in [-0.25, -0.2) is 0 Å². The van der Waals surface area contributed by atoms with E-state index >= 15 is 0 Å². The van der Waals surface area contributed by atoms with Crippen LogP contribution < -0.4 is 10.1 Å². The summed E-state index contributed by atoms with van der Waals surface area (Å²) in [7, 11) is 1.71. The largest absolute Gasteiger partial charge is 0.496 e. The number of para-hydroxylation sites is 1. The Kier molecular flexibility index (Phi) is 5.74. The van der Waals surface area contributed by atoms with Crippen LogP contribution in [-0.2, 0) is 10.2 Å². The predicted molar refractivity (Wildman–Crippen MR) is 115 cm³/mol. The normalized spacial score (nSPS) is 19.2. The molecule has 0 bridgehead atoms. The van der Waals surface area contributed by atoms with Gasteiger partial charge < -0.3 is 10.1 Å². The molecule has 1 aliphatic heterocycles. The summed E-state index contributed by atoms with van der Waals surface area (Å²) in [6.07, 6.45) is 4.26. The Bertz CT molecular complexity index is 827. The van der Waals surface area contributed by atoms with Crippen LogP contribution in [0.15, 0.2) is 53.0 Å². The second kappa shape index (κ2) is 8.26. The summed E-state index contributed by atoms with van der Waals surface area (Å²) in [6, 6.07) is 16.5. The molecule has 1 atom stereocenters. The maximum absolute atomic E-state index is 13.1. The second-order valence-electron chi connectivity index (χ2n) is 7.80. The summed E-state index contributed by atoms with van der Waals surface area (Å²) < 4.78 is 6.65. The molecule has 0 radical (unpaired) electrons. The van der Waals surface area contributed by atoms with Crippen LogP contribution in [0, 0.1) is 0 Å². The van der Waals surface area contributed by atoms with Crippen LogP contribution in [0.2, 0.25) is 0 Å². The zero-order valence-electron chi connectivity index (χ0n) is 16.3. The molecule has 4 rings (SSSR count). The topological polar surface area (TPSA) is 41.6 Å². The first-order valence-electron chi connectivity index (χ1n) is 10.1. The molecule has 2 aromatic carbocycles. The van der Waals surface area contributed by atoms with Gasteiger partial charge in [-0.15, -0.1) is 0 Å². The number of methoxy groups -OCH3 is 1. The van der Waals surface area contributed by atoms with Crippen LogP contribution in [0.1, 0.15) is 42.9 Å². The zero-order valence-corrected chi connectivity index (χ0v) is 17.9. The van der Waals surface area contributed by atoms with Crippen molar-refractivity contribution in [3.05, 3.63) is 64.1 Å². The number of rotatable bonds is 7. The van der Waals surface area contributed by atoms with E-state index in [1.807, 2.05) is 30.3 Å². The van der Waals surface area contributed by atoms with E-state index in [9.17, 15) is 4.79 Å². The van der Waals surface area contributed by atoms with E-state index in [1.165, 1.54) is 12.8 Å². The van der Waals surface area contributed by atoms with Crippen LogP contribution in [0.5, 0.6) is 5.75 Å². The van der Waals surface area contributed by atoms with Gasteiger partial charge in [-0.3, -0.25) is 9.69 Å². The zero-order chi connectivity index (χ0) is 19.6. The minimum Gasteiger partial charge on any atom is -0.496 e. The average molecular weight is 443 g/mol. The second-order valence-corrected chi connectivity index (χ2v) is 8.72. The highest BCUT2D eigenvalue weighted by Crippen LogP contribution is 2.48. The van der Waals surface area contributed by atoms with Crippen LogP contribution in [-0.4, -0.2) is 37.6 Å². The molecule has 1 aliphatic carbocycles. The third kappa shape index (κ3) is 3.83. The summed E-state index contributed by atoms with van der Waals surface area (Å²) >= 11 is 3.48. The SMILES string of the molecule is COc1ccccc1C(CNC(=O)C1(c2ccc(Br)cc2)CC1)N1CCCC1. The molecule has 1 saturated carbocycles. The van der Waals surface area contributed by atoms with Crippen LogP contribution in [0.3, 0.4) is 0 Å². The quantitative estimate of drug-likeness (QED) is 0.688. The van der Waals surface area contributed by atoms with Gasteiger partial charge in [0, 0.05) is 16.6 Å². The molecule has 1 saturated heterocycles. The number of nitrogens with one attached hydrogen (secondary N) is 1. The Morgan fingerprint density at radius 2 is 1.82 bits per heavy atom. The number of hydrogen-bond donors (Lipinski definition) is 1. The summed E-state index contributed by atoms with van der Waals surface area (Å²) in [5.41, 5.74) is 1.92. The van der Waals surface area contributed by atoms with Crippen LogP contribution in [0.4, 0.5) is 0 Å². The third-order valence-electron chi connectivity index (χ3n) is 6.12. The maximum Gasteiger partial charge on any atom is 0.230 e. The molecule has 5 heteroatoms. The van der Waals surface area contributed by atoms with E-state index in [-0.39, 0.29) is 17.4 Å². The molecule has 28 heavy (non-hydrogen) atoms. The number of likely N-dealkylation sites (tertiary alicyclic amines) is 1. The number of carbonyl (C=O) groups is 1. The lowest BCUT2D eigenvalue weighted by molar-refractivity contribution is -0.123. The Hall–Kier alpha value is -1.85. The number of benzene rings is 2. The van der Waals surface area contributed by atoms with Gasteiger partial charge in [0.1, 0.15) is 5.75 Å². The lowest BCUT2D eigenvalue weighted by atomic mass is 9.94. The lowest BCUT2D eigenvalue weighted by Crippen LogP contribution is -2.41. The number of carbonyl (C=O) groups excluding carboxylic acids is 1. The van der Waals surface area contributed by atoms with Crippen molar-refractivity contribution in [1.29, 1.82) is 0 Å². The van der Waals surface area contributed by atoms with Crippen molar-refractivity contribution in [1.82, 2.24) is 10.2 Å². The van der Waals surface area contributed by atoms with Gasteiger partial charge in [0.25, 0.3) is 0 Å². The van der Waals surface area contributed by atoms with Gasteiger partial charge in [-0.2, -0.15) is 0 Å². The van der Waals surface area contributed by atoms with Crippen LogP contribution >= 0.6 is 15.9 Å². The Labute approximate surface area is 175 Å². The van der Waals surface area contributed by atoms with Crippen molar-refractivity contribution >= 4 is 21.8 Å². The minimum atomic E-state index is -0.350. The van der Waals surface area contributed by atoms with Crippen molar-refractivity contribution in [3.63, 3.8) is 0 Å². The fraction of sp³-hybridized carbons (Fsp3) is 0.435. The average Bonchev–Trinajstić information content (AvgIpc) is 3.36. The Balaban J connectivity index is 1.51. The van der Waals surface area contributed by atoms with Crippen molar-refractivity contribution < 1.29 is 9.53 Å². The number of halogens is 1. The smallest absolute Gasteiger partial charge is 0.230 e. The van der Waals surface area contributed by atoms with E-state index in [4.69, 9.17) is 4.74 Å². The highest BCUT2D eigenvalue weighted by atomic mass is 79.9. The molecule has 2 fully saturated rings. The standard InChI is InChI=1S/C23H27BrN2O2/c1-28-21-7-3-2-6-19(21)20(26-14-4-5-15-26)16-25-22(27)23(12-13-23)17-8-10-18(24)11-9-17/h2-3,6-11,20H,4-5,12-16H2,1H3,(H,25,27). The number of ether oxygens (including phenoxy) is 1. The van der Waals surface area contributed by atoms with Gasteiger partial charge in [-0.05, 0) is 62.5 Å². The van der Waals surface area contributed by atoms with Gasteiger partial charge in [0.2, 0.25) is 5.91 Å². The molecular weight excluding hydrogens is 416 g/mol. The number of nitrogens with zero attached hydrogens (tertiary/aromatic N) is 1. The molecule has 0 aromatic heterocycles. The summed E-state index contributed by atoms with van der Waals surface area (Å²) in [6.45, 7) is 2.74. The number of amides is 1. The van der Waals surface area contributed by atoms with E-state index in [1.54, 1.807) is 7.11 Å². The molecular formula is C23H27BrN2O2. The Morgan fingerprint density at radius 1 is 1.14 bits per heavy atom. The molecule has 0 spiro atoms. The van der Waals surface area contributed by atoms with Gasteiger partial charge in [0.15, 0.2) is 0 Å². The van der Waals surface area contributed by atoms with Crippen molar-refractivity contribution in [2.24, 2.45) is 0 Å². The first-order valence-corrected chi connectivity index (χ1v) is 10.8. The predicted octanol–water partition coefficient (Wildman–Crippen LogP) is 4.44. The molecule has 1 N–H and O–H groups in total. The lowest BCUT2D eigenvalue weighted by Gasteiger charge is -2.30. The van der Waals surface area contributed by atoms with Crippen LogP contribution in [0.25, 0.3) is 0 Å². The fourth-order valence-corrected chi connectivity index (χ4v) is 4.59. The van der Waals surface area contributed by atoms with Gasteiger partial charge in [-0.1, -0.05) is 46.3 Å². The Morgan fingerprint density at radius 3 is 2.46 bits per heavy atom. The van der Waals surface area contributed by atoms with E-state index in [0.29, 0.717) is 6.54 Å². The molecule has 2 aliphatic rings. The van der Waals surface area contributed by atoms with Crippen molar-refractivity contribution in [2.75, 3.05) is 26.7 Å². The first-order chi connectivity index (χ1) is 13.6. The molecule has 1 amide bonds. The molecule has 2 aromatic rings. The monoisotopic (exact) mass is 442 g/mol. The third-order valence-corrected chi connectivity index (χ3v) is 6.65. The highest BCUT2D eigenvalue weighted by molar-refractivity contribution is 9.10. The van der Waals surface area contributed by atoms with E-state index < -0.39 is 0 Å². The maximum atomic E-state index is 13.1. The van der Waals surface area contributed by atoms with E-state index in [2.05, 4.69) is 44.3 Å². The number of hydrogen-bond acceptors (Lipinski definition) is 3. The molecule has 4 nitrogen and oxygen atoms in total. The molecule has 1 heterocycles. The summed E-state index contributed by atoms with van der Waals surface area (Å²) in [4.78, 5) is 15.6. The fourth-order valence-electron chi connectivity index (χ4n) is 4.33. The summed E-state index contributed by atoms with van der Waals surface area (Å²) in [5, 5.41) is 3.28. The van der Waals surface area contributed by atoms with Gasteiger partial charge in [0.05, 0.1) is 18.6 Å². The van der Waals surface area contributed by atoms with Crippen molar-refractivity contribution in [3.8, 4) is 5.75 Å². The molecule has 1 unspecified atom stereocenters. The highest BCUT2D eigenvalue weighted by Gasteiger charge is 2.51. The van der Waals surface area contributed by atoms with Gasteiger partial charge >= 0.3 is 0 Å². The molecule has 148 valence electrons. The summed E-state index contributed by atoms with van der Waals surface area (Å²) in [5.74, 6) is 1.04.